The fourth-order valence-electron chi connectivity index (χ4n) is 12.3. The van der Waals surface area contributed by atoms with Crippen molar-refractivity contribution in [1.82, 2.24) is 29.5 Å². The van der Waals surface area contributed by atoms with Crippen molar-refractivity contribution in [3.63, 3.8) is 0 Å². The maximum absolute atomic E-state index is 14.1. The molecule has 3 aliphatic heterocycles. The number of pyridine rings is 2. The second-order valence-electron chi connectivity index (χ2n) is 21.2. The summed E-state index contributed by atoms with van der Waals surface area (Å²) in [5.41, 5.74) is 4.39. The average molecular weight is 1020 g/mol. The molecule has 3 saturated heterocycles. The van der Waals surface area contributed by atoms with E-state index in [4.69, 9.17) is 9.10 Å². The highest BCUT2D eigenvalue weighted by Crippen LogP contribution is 2.55. The largest absolute Gasteiger partial charge is 0.455 e. The molecule has 3 saturated carbocycles. The smallest absolute Gasteiger partial charge is 0.312 e. The molecule has 3 aliphatic carbocycles. The molecule has 0 bridgehead atoms. The molecule has 19 heteroatoms. The van der Waals surface area contributed by atoms with Crippen LogP contribution in [-0.2, 0) is 19.8 Å². The van der Waals surface area contributed by atoms with Crippen LogP contribution in [0.1, 0.15) is 117 Å². The molecule has 17 nitrogen and oxygen atoms in total. The Morgan fingerprint density at radius 3 is 2.43 bits per heavy atom. The zero-order chi connectivity index (χ0) is 49.6. The third kappa shape index (κ3) is 10.3. The first kappa shape index (κ1) is 48.6. The number of sulfonamides is 1. The SMILES string of the molecule is CCN1CCS(=O)(=NC2CCC(CNc3ncc(S(=O)(=O)NC(=O)c4ccc(N5CCC6(CC5)CC(N5CCC[C@H]5c5ccccc5C5CC5)C6)cc4Oc4cnc5[nH]ccc5c4)cc3[N+](=O)[O-])CC2)CC1. The van der Waals surface area contributed by atoms with E-state index in [0.29, 0.717) is 46.9 Å². The molecule has 1 atom stereocenters. The minimum Gasteiger partial charge on any atom is -0.455 e. The Morgan fingerprint density at radius 2 is 1.69 bits per heavy atom. The molecule has 0 unspecified atom stereocenters. The molecule has 3 N–H and O–H groups in total. The Hall–Kier alpha value is -5.63. The number of H-pyrrole nitrogens is 1. The van der Waals surface area contributed by atoms with Gasteiger partial charge in [-0.25, -0.2) is 31.7 Å². The lowest BCUT2D eigenvalue weighted by Crippen LogP contribution is -2.54. The zero-order valence-corrected chi connectivity index (χ0v) is 42.7. The van der Waals surface area contributed by atoms with E-state index in [2.05, 4.69) is 70.9 Å². The van der Waals surface area contributed by atoms with Crippen molar-refractivity contribution in [2.24, 2.45) is 15.7 Å². The van der Waals surface area contributed by atoms with Gasteiger partial charge in [-0.2, -0.15) is 0 Å². The first-order chi connectivity index (χ1) is 34.8. The molecule has 1 spiro atoms. The van der Waals surface area contributed by atoms with Crippen LogP contribution in [0.25, 0.3) is 11.0 Å². The first-order valence-corrected chi connectivity index (χ1v) is 29.4. The molecule has 72 heavy (non-hydrogen) atoms. The summed E-state index contributed by atoms with van der Waals surface area (Å²) in [5, 5.41) is 16.2. The summed E-state index contributed by atoms with van der Waals surface area (Å²) < 4.78 is 54.4. The number of rotatable bonds is 15. The number of hydrogen-bond donors (Lipinski definition) is 3. The molecule has 6 heterocycles. The lowest BCUT2D eigenvalue weighted by Gasteiger charge is -2.56. The standard InChI is InChI=1S/C53H66N10O7S2/c1-2-60-24-26-71(67,27-25-60)58-39-13-9-36(10-14-39)33-55-51-48(63(65)66)30-43(35-57-51)72(68,69)59-52(64)46-16-15-40(29-49(46)70-42-28-38-17-20-54-50(38)56-34-42)61-22-18-53(19-23-61)31-41(32-53)62-21-5-8-47(62)45-7-4-3-6-44(45)37-11-12-37/h3-4,6-7,15-17,20,28-30,34-37,39,41,47H,2,5,8-14,18-19,21-27,31-33H2,1H3,(H,54,56)(H,55,57)(H,59,64)/t36?,39?,47-/m0/s1. The lowest BCUT2D eigenvalue weighted by molar-refractivity contribution is -0.384. The van der Waals surface area contributed by atoms with Crippen molar-refractivity contribution in [3.05, 3.63) is 106 Å². The minimum absolute atomic E-state index is 0.0350. The fourth-order valence-corrected chi connectivity index (χ4v) is 15.5. The van der Waals surface area contributed by atoms with Gasteiger partial charge in [-0.05, 0) is 143 Å². The average Bonchev–Trinajstić information content (AvgIpc) is 3.92. The van der Waals surface area contributed by atoms with E-state index >= 15 is 0 Å². The van der Waals surface area contributed by atoms with Crippen molar-refractivity contribution in [2.45, 2.75) is 113 Å². The van der Waals surface area contributed by atoms with Crippen LogP contribution in [-0.4, -0.2) is 118 Å². The summed E-state index contributed by atoms with van der Waals surface area (Å²) in [5.74, 6) is 1.61. The summed E-state index contributed by atoms with van der Waals surface area (Å²) in [7, 11) is -6.85. The number of hydrogen-bond acceptors (Lipinski definition) is 14. The molecule has 382 valence electrons. The summed E-state index contributed by atoms with van der Waals surface area (Å²) in [4.78, 5) is 44.3. The van der Waals surface area contributed by atoms with E-state index in [1.165, 1.54) is 45.1 Å². The van der Waals surface area contributed by atoms with Crippen LogP contribution in [0.15, 0.2) is 88.5 Å². The van der Waals surface area contributed by atoms with Gasteiger partial charge in [-0.1, -0.05) is 31.2 Å². The summed E-state index contributed by atoms with van der Waals surface area (Å²) in [6.07, 6.45) is 17.2. The van der Waals surface area contributed by atoms with Crippen LogP contribution >= 0.6 is 0 Å². The number of fused-ring (bicyclic) bond motifs is 1. The number of benzene rings is 2. The first-order valence-electron chi connectivity index (χ1n) is 26.1. The van der Waals surface area contributed by atoms with Crippen molar-refractivity contribution < 1.29 is 27.1 Å². The number of aromatic amines is 1. The van der Waals surface area contributed by atoms with Crippen molar-refractivity contribution in [1.29, 1.82) is 0 Å². The number of likely N-dealkylation sites (tertiary alicyclic amines) is 1. The number of nitro groups is 1. The van der Waals surface area contributed by atoms with E-state index in [0.717, 1.165) is 101 Å². The monoisotopic (exact) mass is 1020 g/mol. The molecule has 2 aromatic carbocycles. The van der Waals surface area contributed by atoms with E-state index in [9.17, 15) is 27.5 Å². The number of carbonyl (C=O) groups excluding carboxylic acids is 1. The lowest BCUT2D eigenvalue weighted by atomic mass is 9.59. The summed E-state index contributed by atoms with van der Waals surface area (Å²) >= 11 is 0. The Kier molecular flexibility index (Phi) is 13.5. The van der Waals surface area contributed by atoms with Crippen LogP contribution in [0.4, 0.5) is 17.2 Å². The van der Waals surface area contributed by atoms with Gasteiger partial charge in [-0.3, -0.25) is 19.8 Å². The third-order valence-corrected chi connectivity index (χ3v) is 20.3. The van der Waals surface area contributed by atoms with Gasteiger partial charge in [0.2, 0.25) is 5.82 Å². The predicted octanol–water partition coefficient (Wildman–Crippen LogP) is 9.01. The van der Waals surface area contributed by atoms with Crippen molar-refractivity contribution in [2.75, 3.05) is 67.5 Å². The quantitative estimate of drug-likeness (QED) is 0.0662. The number of carbonyl (C=O) groups is 1. The number of anilines is 2. The predicted molar refractivity (Wildman–Crippen MR) is 279 cm³/mol. The van der Waals surface area contributed by atoms with Gasteiger partial charge in [0.05, 0.1) is 28.9 Å². The Bertz CT molecular complexity index is 3060. The van der Waals surface area contributed by atoms with E-state index in [1.54, 1.807) is 41.7 Å². The van der Waals surface area contributed by atoms with E-state index in [1.807, 2.05) is 12.1 Å². The van der Waals surface area contributed by atoms with Gasteiger partial charge in [0.1, 0.15) is 22.0 Å². The van der Waals surface area contributed by atoms with Gasteiger partial charge in [0, 0.05) is 95.4 Å². The highest BCUT2D eigenvalue weighted by atomic mass is 32.2. The maximum atomic E-state index is 14.1. The van der Waals surface area contributed by atoms with Crippen LogP contribution < -0.4 is 19.7 Å². The van der Waals surface area contributed by atoms with E-state index in [-0.39, 0.29) is 29.1 Å². The molecule has 6 aliphatic rings. The maximum Gasteiger partial charge on any atom is 0.312 e. The van der Waals surface area contributed by atoms with Crippen molar-refractivity contribution in [3.8, 4) is 11.5 Å². The van der Waals surface area contributed by atoms with Crippen LogP contribution in [0, 0.1) is 21.4 Å². The van der Waals surface area contributed by atoms with E-state index < -0.39 is 41.2 Å². The number of nitrogens with one attached hydrogen (secondary N) is 3. The number of nitrogens with zero attached hydrogens (tertiary/aromatic N) is 7. The van der Waals surface area contributed by atoms with Crippen molar-refractivity contribution >= 4 is 53.9 Å². The fraction of sp³-hybridized carbons (Fsp3) is 0.528. The summed E-state index contributed by atoms with van der Waals surface area (Å²) in [6.45, 7) is 7.91. The number of ether oxygens (including phenoxy) is 1. The molecule has 3 aromatic heterocycles. The Balaban J connectivity index is 0.745. The van der Waals surface area contributed by atoms with Gasteiger partial charge < -0.3 is 24.8 Å². The zero-order valence-electron chi connectivity index (χ0n) is 41.0. The molecular weight excluding hydrogens is 953 g/mol. The topological polar surface area (TPSA) is 208 Å². The highest BCUT2D eigenvalue weighted by molar-refractivity contribution is 7.93. The van der Waals surface area contributed by atoms with Gasteiger partial charge in [0.15, 0.2) is 0 Å². The third-order valence-electron chi connectivity index (χ3n) is 16.7. The molecule has 5 aromatic rings. The molecular formula is C53H66N10O7S2. The van der Waals surface area contributed by atoms with Crippen LogP contribution in [0.2, 0.25) is 0 Å². The molecule has 11 rings (SSSR count). The van der Waals surface area contributed by atoms with Crippen LogP contribution in [0.3, 0.4) is 0 Å². The molecule has 0 radical (unpaired) electrons. The van der Waals surface area contributed by atoms with Gasteiger partial charge in [0.25, 0.3) is 15.9 Å². The minimum atomic E-state index is -4.65. The molecule has 1 amide bonds. The Labute approximate surface area is 422 Å². The van der Waals surface area contributed by atoms with Gasteiger partial charge in [-0.15, -0.1) is 0 Å². The highest BCUT2D eigenvalue weighted by Gasteiger charge is 2.50. The second-order valence-corrected chi connectivity index (χ2v) is 25.5. The number of aromatic nitrogens is 3. The summed E-state index contributed by atoms with van der Waals surface area (Å²) in [6, 6.07) is 20.1. The molecule has 6 fully saturated rings. The normalized spacial score (nSPS) is 23.7. The Morgan fingerprint density at radius 1 is 0.931 bits per heavy atom. The van der Waals surface area contributed by atoms with Gasteiger partial charge >= 0.3 is 5.69 Å². The number of amides is 1. The second kappa shape index (κ2) is 20.0. The van der Waals surface area contributed by atoms with Crippen LogP contribution in [0.5, 0.6) is 11.5 Å². The number of piperidine rings is 1.